The summed E-state index contributed by atoms with van der Waals surface area (Å²) in [4.78, 5) is 0. The Morgan fingerprint density at radius 3 is 2.00 bits per heavy atom. The molecule has 5 N–H and O–H groups in total. The Bertz CT molecular complexity index is 360. The predicted molar refractivity (Wildman–Crippen MR) is 46.8 cm³/mol. The summed E-state index contributed by atoms with van der Waals surface area (Å²) in [6.45, 7) is 0. The smallest absolute Gasteiger partial charge is 0.262 e. The largest absolute Gasteiger partial charge is 0.716 e. The Hall–Kier alpha value is -1.35. The lowest BCUT2D eigenvalue weighted by molar-refractivity contribution is 0.372. The first kappa shape index (κ1) is 12.7. The van der Waals surface area contributed by atoms with E-state index >= 15 is 0 Å². The second kappa shape index (κ2) is 5.40. The van der Waals surface area contributed by atoms with E-state index in [1.807, 2.05) is 0 Å². The van der Waals surface area contributed by atoms with Crippen LogP contribution in [0.5, 0.6) is 11.5 Å². The van der Waals surface area contributed by atoms with E-state index in [2.05, 4.69) is 15.9 Å². The zero-order valence-electron chi connectivity index (χ0n) is 6.95. The van der Waals surface area contributed by atoms with Crippen LogP contribution in [0.15, 0.2) is 24.3 Å². The quantitative estimate of drug-likeness (QED) is 0.253. The van der Waals surface area contributed by atoms with Crippen molar-refractivity contribution >= 4 is 10.4 Å². The number of phenolic OH excluding ortho intramolecular Hbond substituents is 1. The number of phenols is 1. The molecule has 0 aliphatic heterocycles. The molecular formula is C6H9N2O5S-. The lowest BCUT2D eigenvalue weighted by atomic mass is 10.3. The van der Waals surface area contributed by atoms with E-state index in [9.17, 15) is 13.0 Å². The first-order valence-electron chi connectivity index (χ1n) is 3.25. The summed E-state index contributed by atoms with van der Waals surface area (Å²) in [5, 5.41) is 8.77. The Kier molecular flexibility index (Phi) is 4.87. The molecule has 14 heavy (non-hydrogen) atoms. The second-order valence-electron chi connectivity index (χ2n) is 1.99. The van der Waals surface area contributed by atoms with Crippen LogP contribution in [0.1, 0.15) is 0 Å². The highest BCUT2D eigenvalue weighted by Gasteiger charge is 1.97. The van der Waals surface area contributed by atoms with Crippen molar-refractivity contribution in [1.29, 1.82) is 0 Å². The highest BCUT2D eigenvalue weighted by atomic mass is 32.3. The van der Waals surface area contributed by atoms with Gasteiger partial charge in [0.05, 0.1) is 0 Å². The summed E-state index contributed by atoms with van der Waals surface area (Å²) < 4.78 is 34.1. The fourth-order valence-corrected chi connectivity index (χ4v) is 0.966. The van der Waals surface area contributed by atoms with Crippen molar-refractivity contribution in [3.05, 3.63) is 24.3 Å². The van der Waals surface area contributed by atoms with Crippen LogP contribution in [-0.4, -0.2) is 18.1 Å². The van der Waals surface area contributed by atoms with Gasteiger partial charge in [0, 0.05) is 0 Å². The first-order chi connectivity index (χ1) is 6.47. The lowest BCUT2D eigenvalue weighted by Crippen LogP contribution is -2.06. The average molecular weight is 221 g/mol. The number of hydrogen-bond acceptors (Lipinski definition) is 7. The maximum Gasteiger partial charge on any atom is 0.262 e. The van der Waals surface area contributed by atoms with Crippen LogP contribution in [0.4, 0.5) is 0 Å². The molecule has 0 aliphatic carbocycles. The zero-order chi connectivity index (χ0) is 11.2. The minimum atomic E-state index is -4.72. The third kappa shape index (κ3) is 5.32. The summed E-state index contributed by atoms with van der Waals surface area (Å²) in [5.41, 5.74) is 0. The van der Waals surface area contributed by atoms with Gasteiger partial charge in [-0.05, 0) is 24.3 Å². The Labute approximate surface area is 80.8 Å². The third-order valence-electron chi connectivity index (χ3n) is 1.04. The van der Waals surface area contributed by atoms with Gasteiger partial charge in [0.25, 0.3) is 10.4 Å². The molecule has 0 heterocycles. The minimum Gasteiger partial charge on any atom is -0.716 e. The van der Waals surface area contributed by atoms with E-state index in [0.29, 0.717) is 0 Å². The van der Waals surface area contributed by atoms with Gasteiger partial charge in [0.2, 0.25) is 0 Å². The Morgan fingerprint density at radius 1 is 1.21 bits per heavy atom. The van der Waals surface area contributed by atoms with Crippen molar-refractivity contribution in [2.24, 2.45) is 11.7 Å². The summed E-state index contributed by atoms with van der Waals surface area (Å²) in [6.07, 6.45) is 0. The SMILES string of the molecule is NN.O=S(=O)([O-])Oc1ccc(O)cc1. The summed E-state index contributed by atoms with van der Waals surface area (Å²) in [7, 11) is -4.72. The van der Waals surface area contributed by atoms with E-state index in [1.165, 1.54) is 24.3 Å². The fourth-order valence-electron chi connectivity index (χ4n) is 0.620. The van der Waals surface area contributed by atoms with Gasteiger partial charge in [-0.3, -0.25) is 11.7 Å². The monoisotopic (exact) mass is 221 g/mol. The van der Waals surface area contributed by atoms with E-state index in [1.54, 1.807) is 0 Å². The van der Waals surface area contributed by atoms with Crippen LogP contribution in [0.25, 0.3) is 0 Å². The summed E-state index contributed by atoms with van der Waals surface area (Å²) in [5.74, 6) is 7.84. The summed E-state index contributed by atoms with van der Waals surface area (Å²) >= 11 is 0. The molecule has 0 spiro atoms. The molecule has 0 aliphatic rings. The average Bonchev–Trinajstić information content (AvgIpc) is 2.10. The maximum atomic E-state index is 10.0. The van der Waals surface area contributed by atoms with Crippen LogP contribution in [-0.2, 0) is 10.4 Å². The molecule has 0 saturated carbocycles. The van der Waals surface area contributed by atoms with Crippen molar-refractivity contribution < 1.29 is 22.3 Å². The molecule has 1 aromatic rings. The van der Waals surface area contributed by atoms with Crippen molar-refractivity contribution in [3.63, 3.8) is 0 Å². The fraction of sp³-hybridized carbons (Fsp3) is 0. The maximum absolute atomic E-state index is 10.0. The minimum absolute atomic E-state index is 0.0364. The van der Waals surface area contributed by atoms with Crippen molar-refractivity contribution in [1.82, 2.24) is 0 Å². The molecule has 0 radical (unpaired) electrons. The molecule has 0 amide bonds. The predicted octanol–water partition coefficient (Wildman–Crippen LogP) is -0.950. The Balaban J connectivity index is 0.000000791. The molecule has 80 valence electrons. The van der Waals surface area contributed by atoms with Crippen LogP contribution >= 0.6 is 0 Å². The molecule has 1 aromatic carbocycles. The lowest BCUT2D eigenvalue weighted by Gasteiger charge is -2.07. The number of nitrogens with two attached hydrogens (primary N) is 2. The van der Waals surface area contributed by atoms with Crippen LogP contribution in [0.2, 0.25) is 0 Å². The van der Waals surface area contributed by atoms with Crippen molar-refractivity contribution in [2.45, 2.75) is 0 Å². The van der Waals surface area contributed by atoms with Gasteiger partial charge in [-0.1, -0.05) is 0 Å². The summed E-state index contributed by atoms with van der Waals surface area (Å²) in [6, 6.07) is 4.76. The standard InChI is InChI=1S/C6H6O5S.H4N2/c7-5-1-3-6(4-2-5)11-12(8,9)10;1-2/h1-4,7H,(H,8,9,10);1-2H2/p-1. The molecule has 8 heteroatoms. The normalized spacial score (nSPS) is 9.93. The molecule has 0 fully saturated rings. The zero-order valence-corrected chi connectivity index (χ0v) is 7.77. The number of hydrogen-bond donors (Lipinski definition) is 3. The number of aromatic hydroxyl groups is 1. The van der Waals surface area contributed by atoms with Gasteiger partial charge in [0.1, 0.15) is 11.5 Å². The van der Waals surface area contributed by atoms with Gasteiger partial charge in [-0.2, -0.15) is 0 Å². The van der Waals surface area contributed by atoms with E-state index < -0.39 is 10.4 Å². The highest BCUT2D eigenvalue weighted by molar-refractivity contribution is 7.81. The van der Waals surface area contributed by atoms with Gasteiger partial charge in [-0.25, -0.2) is 8.42 Å². The Morgan fingerprint density at radius 2 is 1.64 bits per heavy atom. The second-order valence-corrected chi connectivity index (χ2v) is 2.97. The molecule has 0 aromatic heterocycles. The highest BCUT2D eigenvalue weighted by Crippen LogP contribution is 2.16. The molecule has 0 atom stereocenters. The van der Waals surface area contributed by atoms with Crippen LogP contribution in [0, 0.1) is 0 Å². The molecule has 0 saturated heterocycles. The number of benzene rings is 1. The topological polar surface area (TPSA) is 139 Å². The van der Waals surface area contributed by atoms with E-state index in [0.717, 1.165) is 0 Å². The van der Waals surface area contributed by atoms with Gasteiger partial charge in [-0.15, -0.1) is 0 Å². The van der Waals surface area contributed by atoms with Crippen molar-refractivity contribution in [2.75, 3.05) is 0 Å². The molecule has 0 bridgehead atoms. The van der Waals surface area contributed by atoms with Gasteiger partial charge in [0.15, 0.2) is 0 Å². The number of rotatable bonds is 2. The van der Waals surface area contributed by atoms with Crippen molar-refractivity contribution in [3.8, 4) is 11.5 Å². The van der Waals surface area contributed by atoms with E-state index in [4.69, 9.17) is 5.11 Å². The van der Waals surface area contributed by atoms with E-state index in [-0.39, 0.29) is 11.5 Å². The molecular weight excluding hydrogens is 212 g/mol. The third-order valence-corrected chi connectivity index (χ3v) is 1.43. The molecule has 0 unspecified atom stereocenters. The number of hydrazine groups is 1. The van der Waals surface area contributed by atoms with Crippen LogP contribution in [0.3, 0.4) is 0 Å². The molecule has 1 rings (SSSR count). The van der Waals surface area contributed by atoms with Crippen LogP contribution < -0.4 is 15.9 Å². The van der Waals surface area contributed by atoms with Gasteiger partial charge < -0.3 is 13.8 Å². The molecule has 7 nitrogen and oxygen atoms in total. The van der Waals surface area contributed by atoms with Gasteiger partial charge >= 0.3 is 0 Å². The first-order valence-corrected chi connectivity index (χ1v) is 4.58.